The molecule has 2 atom stereocenters. The van der Waals surface area contributed by atoms with Crippen LogP contribution in [0.1, 0.15) is 47.5 Å². The fourth-order valence-electron chi connectivity index (χ4n) is 1.07. The van der Waals surface area contributed by atoms with Crippen LogP contribution >= 0.6 is 0 Å². The Morgan fingerprint density at radius 2 is 1.93 bits per heavy atom. The fraction of sp³-hybridized carbons (Fsp3) is 0.909. The molecule has 0 spiro atoms. The Bertz CT molecular complexity index is 184. The van der Waals surface area contributed by atoms with Gasteiger partial charge in [0.05, 0.1) is 0 Å². The third kappa shape index (κ3) is 5.97. The predicted octanol–water partition coefficient (Wildman–Crippen LogP) is 2.09. The van der Waals surface area contributed by atoms with Gasteiger partial charge in [-0.05, 0) is 33.1 Å². The lowest BCUT2D eigenvalue weighted by atomic mass is 10.00. The second kappa shape index (κ2) is 5.35. The van der Waals surface area contributed by atoms with E-state index in [1.54, 1.807) is 0 Å². The van der Waals surface area contributed by atoms with Gasteiger partial charge in [0.1, 0.15) is 11.6 Å². The highest BCUT2D eigenvalue weighted by atomic mass is 16.6. The van der Waals surface area contributed by atoms with Gasteiger partial charge in [0.15, 0.2) is 0 Å². The molecule has 0 saturated carbocycles. The molecule has 0 aliphatic heterocycles. The van der Waals surface area contributed by atoms with Crippen molar-refractivity contribution in [1.82, 2.24) is 0 Å². The molecule has 0 bridgehead atoms. The molecule has 3 nitrogen and oxygen atoms in total. The lowest BCUT2D eigenvalue weighted by Crippen LogP contribution is -2.38. The van der Waals surface area contributed by atoms with Gasteiger partial charge in [-0.2, -0.15) is 0 Å². The third-order valence-electron chi connectivity index (χ3n) is 2.06. The molecule has 3 heteroatoms. The molecular weight excluding hydrogens is 178 g/mol. The zero-order valence-electron chi connectivity index (χ0n) is 9.96. The molecule has 2 N–H and O–H groups in total. The highest BCUT2D eigenvalue weighted by molar-refractivity contribution is 5.75. The predicted molar refractivity (Wildman–Crippen MR) is 57.9 cm³/mol. The normalized spacial score (nSPS) is 16.1. The van der Waals surface area contributed by atoms with Gasteiger partial charge in [-0.25, -0.2) is 0 Å². The van der Waals surface area contributed by atoms with Gasteiger partial charge in [0.2, 0.25) is 0 Å². The molecule has 0 aliphatic rings. The first kappa shape index (κ1) is 13.4. The molecule has 0 saturated heterocycles. The first-order chi connectivity index (χ1) is 6.26. The van der Waals surface area contributed by atoms with Crippen molar-refractivity contribution < 1.29 is 9.53 Å². The standard InChI is InChI=1S/C11H23NO2/c1-6-8(2)7-9(12)10(13)14-11(3,4)5/h8-9H,6-7,12H2,1-5H3. The molecule has 14 heavy (non-hydrogen) atoms. The molecule has 84 valence electrons. The van der Waals surface area contributed by atoms with Crippen molar-refractivity contribution in [2.24, 2.45) is 11.7 Å². The summed E-state index contributed by atoms with van der Waals surface area (Å²) in [4.78, 5) is 11.5. The zero-order chi connectivity index (χ0) is 11.4. The number of hydrogen-bond acceptors (Lipinski definition) is 3. The number of hydrogen-bond donors (Lipinski definition) is 1. The van der Waals surface area contributed by atoms with Crippen LogP contribution in [0.4, 0.5) is 0 Å². The third-order valence-corrected chi connectivity index (χ3v) is 2.06. The molecule has 0 aromatic heterocycles. The van der Waals surface area contributed by atoms with Gasteiger partial charge in [-0.1, -0.05) is 20.3 Å². The molecule has 0 radical (unpaired) electrons. The lowest BCUT2D eigenvalue weighted by molar-refractivity contribution is -0.156. The van der Waals surface area contributed by atoms with Gasteiger partial charge in [-0.15, -0.1) is 0 Å². The van der Waals surface area contributed by atoms with Crippen molar-refractivity contribution in [3.8, 4) is 0 Å². The summed E-state index contributed by atoms with van der Waals surface area (Å²) < 4.78 is 5.18. The molecular formula is C11H23NO2. The zero-order valence-corrected chi connectivity index (χ0v) is 9.96. The number of rotatable bonds is 4. The van der Waals surface area contributed by atoms with Crippen LogP contribution in [-0.2, 0) is 9.53 Å². The Morgan fingerprint density at radius 3 is 2.29 bits per heavy atom. The van der Waals surface area contributed by atoms with Crippen molar-refractivity contribution in [3.63, 3.8) is 0 Å². The molecule has 0 aromatic rings. The minimum atomic E-state index is -0.482. The summed E-state index contributed by atoms with van der Waals surface area (Å²) >= 11 is 0. The molecule has 0 heterocycles. The Morgan fingerprint density at radius 1 is 1.43 bits per heavy atom. The second-order valence-electron chi connectivity index (χ2n) is 4.89. The number of carbonyl (C=O) groups excluding carboxylic acids is 1. The van der Waals surface area contributed by atoms with E-state index >= 15 is 0 Å². The monoisotopic (exact) mass is 201 g/mol. The first-order valence-electron chi connectivity index (χ1n) is 5.24. The molecule has 0 fully saturated rings. The molecule has 2 unspecified atom stereocenters. The van der Waals surface area contributed by atoms with E-state index in [2.05, 4.69) is 13.8 Å². The van der Waals surface area contributed by atoms with E-state index in [9.17, 15) is 4.79 Å². The summed E-state index contributed by atoms with van der Waals surface area (Å²) in [5, 5.41) is 0. The van der Waals surface area contributed by atoms with Gasteiger partial charge < -0.3 is 10.5 Å². The van der Waals surface area contributed by atoms with E-state index in [1.807, 2.05) is 20.8 Å². The number of nitrogens with two attached hydrogens (primary N) is 1. The Balaban J connectivity index is 4.00. The minimum absolute atomic E-state index is 0.294. The van der Waals surface area contributed by atoms with Gasteiger partial charge in [0.25, 0.3) is 0 Å². The molecule has 0 aliphatic carbocycles. The van der Waals surface area contributed by atoms with E-state index in [4.69, 9.17) is 10.5 Å². The highest BCUT2D eigenvalue weighted by Crippen LogP contribution is 2.13. The van der Waals surface area contributed by atoms with Crippen molar-refractivity contribution in [2.75, 3.05) is 0 Å². The summed E-state index contributed by atoms with van der Waals surface area (Å²) in [6.45, 7) is 9.72. The van der Waals surface area contributed by atoms with Crippen LogP contribution in [0.2, 0.25) is 0 Å². The van der Waals surface area contributed by atoms with Gasteiger partial charge in [0, 0.05) is 0 Å². The van der Waals surface area contributed by atoms with Crippen LogP contribution in [0.15, 0.2) is 0 Å². The fourth-order valence-corrected chi connectivity index (χ4v) is 1.07. The number of ether oxygens (including phenoxy) is 1. The molecule has 0 amide bonds. The Labute approximate surface area is 87.0 Å². The van der Waals surface area contributed by atoms with Gasteiger partial charge >= 0.3 is 5.97 Å². The first-order valence-corrected chi connectivity index (χ1v) is 5.24. The van der Waals surface area contributed by atoms with Crippen molar-refractivity contribution in [2.45, 2.75) is 59.1 Å². The maximum atomic E-state index is 11.5. The maximum Gasteiger partial charge on any atom is 0.323 e. The van der Waals surface area contributed by atoms with Crippen LogP contribution in [0, 0.1) is 5.92 Å². The largest absolute Gasteiger partial charge is 0.459 e. The molecule has 0 rings (SSSR count). The Hall–Kier alpha value is -0.570. The van der Waals surface area contributed by atoms with Crippen LogP contribution in [0.3, 0.4) is 0 Å². The highest BCUT2D eigenvalue weighted by Gasteiger charge is 2.22. The molecule has 0 aromatic carbocycles. The number of carbonyl (C=O) groups is 1. The van der Waals surface area contributed by atoms with Crippen molar-refractivity contribution in [1.29, 1.82) is 0 Å². The van der Waals surface area contributed by atoms with Crippen LogP contribution in [-0.4, -0.2) is 17.6 Å². The summed E-state index contributed by atoms with van der Waals surface area (Å²) in [7, 11) is 0. The minimum Gasteiger partial charge on any atom is -0.459 e. The van der Waals surface area contributed by atoms with Crippen LogP contribution < -0.4 is 5.73 Å². The SMILES string of the molecule is CCC(C)CC(N)C(=O)OC(C)(C)C. The van der Waals surface area contributed by atoms with Gasteiger partial charge in [-0.3, -0.25) is 4.79 Å². The average molecular weight is 201 g/mol. The summed E-state index contributed by atoms with van der Waals surface area (Å²) in [6.07, 6.45) is 1.74. The van der Waals surface area contributed by atoms with E-state index in [-0.39, 0.29) is 5.97 Å². The smallest absolute Gasteiger partial charge is 0.323 e. The maximum absolute atomic E-state index is 11.5. The number of esters is 1. The average Bonchev–Trinajstić information content (AvgIpc) is 2.00. The van der Waals surface area contributed by atoms with E-state index in [0.717, 1.165) is 6.42 Å². The summed E-state index contributed by atoms with van der Waals surface area (Å²) in [5.41, 5.74) is 5.29. The van der Waals surface area contributed by atoms with Crippen LogP contribution in [0.5, 0.6) is 0 Å². The summed E-state index contributed by atoms with van der Waals surface area (Å²) in [5.74, 6) is 0.176. The quantitative estimate of drug-likeness (QED) is 0.709. The van der Waals surface area contributed by atoms with Crippen molar-refractivity contribution >= 4 is 5.97 Å². The topological polar surface area (TPSA) is 52.3 Å². The second-order valence-corrected chi connectivity index (χ2v) is 4.89. The van der Waals surface area contributed by atoms with E-state index in [1.165, 1.54) is 0 Å². The van der Waals surface area contributed by atoms with Crippen LogP contribution in [0.25, 0.3) is 0 Å². The lowest BCUT2D eigenvalue weighted by Gasteiger charge is -2.23. The van der Waals surface area contributed by atoms with Crippen molar-refractivity contribution in [3.05, 3.63) is 0 Å². The summed E-state index contributed by atoms with van der Waals surface area (Å²) in [6, 6.07) is -0.482. The van der Waals surface area contributed by atoms with E-state index in [0.29, 0.717) is 12.3 Å². The van der Waals surface area contributed by atoms with E-state index < -0.39 is 11.6 Å². The Kier molecular flexibility index (Phi) is 5.13.